The van der Waals surface area contributed by atoms with Crippen molar-refractivity contribution in [2.24, 2.45) is 0 Å². The maximum Gasteiger partial charge on any atom is 0.323 e. The second-order valence-corrected chi connectivity index (χ2v) is 7.89. The zero-order valence-corrected chi connectivity index (χ0v) is 20.0. The first-order valence-electron chi connectivity index (χ1n) is 11.5. The standard InChI is InChI=1S/C28H24N6O4/c35-25(21-15-7-9-17-23(21)31-27(37)29-19-11-3-1-4-12-19)33-34-26(36)22-16-8-10-18-24(22)32-28(38)30-20-13-5-2-6-14-20/h1-18H,(H,33,35)(H,34,36)(H2,29,31,37)(H2,30,32,38). The topological polar surface area (TPSA) is 140 Å². The number of para-hydroxylation sites is 4. The average Bonchev–Trinajstić information content (AvgIpc) is 2.93. The van der Waals surface area contributed by atoms with Gasteiger partial charge in [-0.3, -0.25) is 20.4 Å². The highest BCUT2D eigenvalue weighted by atomic mass is 16.2. The maximum atomic E-state index is 12.8. The number of rotatable bonds is 6. The summed E-state index contributed by atoms with van der Waals surface area (Å²) in [5, 5.41) is 10.6. The third kappa shape index (κ3) is 6.95. The van der Waals surface area contributed by atoms with Gasteiger partial charge in [0.2, 0.25) is 0 Å². The molecule has 4 aromatic rings. The molecule has 0 heterocycles. The maximum absolute atomic E-state index is 12.8. The van der Waals surface area contributed by atoms with Crippen molar-refractivity contribution in [3.63, 3.8) is 0 Å². The van der Waals surface area contributed by atoms with Crippen molar-refractivity contribution in [1.82, 2.24) is 10.9 Å². The van der Waals surface area contributed by atoms with Crippen LogP contribution in [0.2, 0.25) is 0 Å². The Kier molecular flexibility index (Phi) is 8.28. The minimum Gasteiger partial charge on any atom is -0.308 e. The molecule has 0 saturated heterocycles. The number of hydrogen-bond acceptors (Lipinski definition) is 4. The highest BCUT2D eigenvalue weighted by molar-refractivity contribution is 6.09. The van der Waals surface area contributed by atoms with Gasteiger partial charge in [0.05, 0.1) is 22.5 Å². The number of carbonyl (C=O) groups excluding carboxylic acids is 4. The Morgan fingerprint density at radius 2 is 0.737 bits per heavy atom. The summed E-state index contributed by atoms with van der Waals surface area (Å²) in [4.78, 5) is 50.4. The zero-order chi connectivity index (χ0) is 26.7. The van der Waals surface area contributed by atoms with Crippen molar-refractivity contribution < 1.29 is 19.2 Å². The van der Waals surface area contributed by atoms with E-state index >= 15 is 0 Å². The Morgan fingerprint density at radius 1 is 0.395 bits per heavy atom. The van der Waals surface area contributed by atoms with Gasteiger partial charge < -0.3 is 21.3 Å². The fourth-order valence-electron chi connectivity index (χ4n) is 3.44. The van der Waals surface area contributed by atoms with Crippen molar-refractivity contribution in [2.45, 2.75) is 0 Å². The molecule has 190 valence electrons. The van der Waals surface area contributed by atoms with Crippen LogP contribution in [-0.2, 0) is 0 Å². The van der Waals surface area contributed by atoms with Gasteiger partial charge in [-0.15, -0.1) is 0 Å². The van der Waals surface area contributed by atoms with Crippen LogP contribution in [0, 0.1) is 0 Å². The Balaban J connectivity index is 1.37. The van der Waals surface area contributed by atoms with Crippen LogP contribution in [0.5, 0.6) is 0 Å². The molecule has 4 aromatic carbocycles. The molecule has 0 radical (unpaired) electrons. The molecular formula is C28H24N6O4. The lowest BCUT2D eigenvalue weighted by atomic mass is 10.1. The summed E-state index contributed by atoms with van der Waals surface area (Å²) in [6.45, 7) is 0. The second-order valence-electron chi connectivity index (χ2n) is 7.89. The first-order chi connectivity index (χ1) is 18.5. The lowest BCUT2D eigenvalue weighted by Crippen LogP contribution is -2.42. The van der Waals surface area contributed by atoms with E-state index in [9.17, 15) is 19.2 Å². The van der Waals surface area contributed by atoms with Crippen molar-refractivity contribution in [3.05, 3.63) is 120 Å². The molecule has 0 bridgehead atoms. The lowest BCUT2D eigenvalue weighted by Gasteiger charge is -2.14. The molecule has 6 amide bonds. The molecule has 0 spiro atoms. The fraction of sp³-hybridized carbons (Fsp3) is 0. The van der Waals surface area contributed by atoms with Crippen molar-refractivity contribution in [2.75, 3.05) is 21.3 Å². The van der Waals surface area contributed by atoms with E-state index in [1.165, 1.54) is 12.1 Å². The van der Waals surface area contributed by atoms with Gasteiger partial charge in [-0.25, -0.2) is 9.59 Å². The molecule has 0 aliphatic heterocycles. The number of urea groups is 2. The van der Waals surface area contributed by atoms with E-state index in [-0.39, 0.29) is 22.5 Å². The lowest BCUT2D eigenvalue weighted by molar-refractivity contribution is 0.0847. The summed E-state index contributed by atoms with van der Waals surface area (Å²) in [6, 6.07) is 29.3. The molecule has 0 fully saturated rings. The van der Waals surface area contributed by atoms with Crippen LogP contribution in [0.4, 0.5) is 32.3 Å². The van der Waals surface area contributed by atoms with E-state index < -0.39 is 23.9 Å². The molecule has 0 aliphatic carbocycles. The van der Waals surface area contributed by atoms with Crippen LogP contribution in [0.3, 0.4) is 0 Å². The summed E-state index contributed by atoms with van der Waals surface area (Å²) in [7, 11) is 0. The van der Waals surface area contributed by atoms with E-state index in [0.717, 1.165) is 0 Å². The number of hydrogen-bond donors (Lipinski definition) is 6. The number of nitrogens with one attached hydrogen (secondary N) is 6. The van der Waals surface area contributed by atoms with Gasteiger partial charge in [0, 0.05) is 11.4 Å². The van der Waals surface area contributed by atoms with Gasteiger partial charge in [-0.1, -0.05) is 60.7 Å². The normalized spacial score (nSPS) is 10.0. The molecule has 4 rings (SSSR count). The van der Waals surface area contributed by atoms with Gasteiger partial charge in [0.1, 0.15) is 0 Å². The number of anilines is 4. The Bertz CT molecular complexity index is 1330. The second kappa shape index (κ2) is 12.4. The van der Waals surface area contributed by atoms with E-state index in [1.807, 2.05) is 12.1 Å². The predicted octanol–water partition coefficient (Wildman–Crippen LogP) is 5.05. The van der Waals surface area contributed by atoms with Crippen molar-refractivity contribution in [1.29, 1.82) is 0 Å². The van der Waals surface area contributed by atoms with Gasteiger partial charge in [-0.2, -0.15) is 0 Å². The number of carbonyl (C=O) groups is 4. The first-order valence-corrected chi connectivity index (χ1v) is 11.5. The molecule has 10 heteroatoms. The summed E-state index contributed by atoms with van der Waals surface area (Å²) in [5.41, 5.74) is 6.60. The molecule has 0 atom stereocenters. The van der Waals surface area contributed by atoms with Crippen LogP contribution in [0.25, 0.3) is 0 Å². The zero-order valence-electron chi connectivity index (χ0n) is 20.0. The fourth-order valence-corrected chi connectivity index (χ4v) is 3.44. The molecule has 0 aromatic heterocycles. The Morgan fingerprint density at radius 3 is 1.13 bits per heavy atom. The largest absolute Gasteiger partial charge is 0.323 e. The third-order valence-electron chi connectivity index (χ3n) is 5.19. The first kappa shape index (κ1) is 25.5. The van der Waals surface area contributed by atoms with E-state index in [4.69, 9.17) is 0 Å². The van der Waals surface area contributed by atoms with Gasteiger partial charge in [0.25, 0.3) is 11.8 Å². The number of hydrazine groups is 1. The number of amides is 6. The van der Waals surface area contributed by atoms with Gasteiger partial charge in [-0.05, 0) is 48.5 Å². The molecule has 0 saturated carbocycles. The highest BCUT2D eigenvalue weighted by Crippen LogP contribution is 2.17. The van der Waals surface area contributed by atoms with E-state index in [0.29, 0.717) is 11.4 Å². The minimum absolute atomic E-state index is 0.129. The highest BCUT2D eigenvalue weighted by Gasteiger charge is 2.17. The molecule has 0 aliphatic rings. The van der Waals surface area contributed by atoms with Crippen molar-refractivity contribution >= 4 is 46.6 Å². The van der Waals surface area contributed by atoms with Gasteiger partial charge >= 0.3 is 12.1 Å². The molecule has 0 unspecified atom stereocenters. The quantitative estimate of drug-likeness (QED) is 0.203. The van der Waals surface area contributed by atoms with Crippen molar-refractivity contribution in [3.8, 4) is 0 Å². The van der Waals surface area contributed by atoms with Crippen LogP contribution >= 0.6 is 0 Å². The average molecular weight is 509 g/mol. The molecule has 6 N–H and O–H groups in total. The third-order valence-corrected chi connectivity index (χ3v) is 5.19. The van der Waals surface area contributed by atoms with Gasteiger partial charge in [0.15, 0.2) is 0 Å². The van der Waals surface area contributed by atoms with E-state index in [1.54, 1.807) is 84.9 Å². The van der Waals surface area contributed by atoms with E-state index in [2.05, 4.69) is 32.1 Å². The summed E-state index contributed by atoms with van der Waals surface area (Å²) < 4.78 is 0. The summed E-state index contributed by atoms with van der Waals surface area (Å²) in [6.07, 6.45) is 0. The summed E-state index contributed by atoms with van der Waals surface area (Å²) >= 11 is 0. The molecular weight excluding hydrogens is 484 g/mol. The van der Waals surface area contributed by atoms with Crippen LogP contribution in [-0.4, -0.2) is 23.9 Å². The van der Waals surface area contributed by atoms with Crippen LogP contribution < -0.4 is 32.1 Å². The van der Waals surface area contributed by atoms with Crippen LogP contribution in [0.15, 0.2) is 109 Å². The number of benzene rings is 4. The monoisotopic (exact) mass is 508 g/mol. The molecule has 38 heavy (non-hydrogen) atoms. The van der Waals surface area contributed by atoms with Crippen LogP contribution in [0.1, 0.15) is 20.7 Å². The minimum atomic E-state index is -0.652. The predicted molar refractivity (Wildman–Crippen MR) is 146 cm³/mol. The Labute approximate surface area is 218 Å². The SMILES string of the molecule is O=C(Nc1ccccc1)Nc1ccccc1C(=O)NNC(=O)c1ccccc1NC(=O)Nc1ccccc1. The summed E-state index contributed by atoms with van der Waals surface area (Å²) in [5.74, 6) is -1.30. The Hall–Kier alpha value is -5.64. The smallest absolute Gasteiger partial charge is 0.308 e. The molecule has 10 nitrogen and oxygen atoms in total.